The summed E-state index contributed by atoms with van der Waals surface area (Å²) in [6.45, 7) is 0. The summed E-state index contributed by atoms with van der Waals surface area (Å²) in [5, 5.41) is 11.5. The van der Waals surface area contributed by atoms with Gasteiger partial charge in [0, 0.05) is 0 Å². The number of aromatic nitrogens is 4. The van der Waals surface area contributed by atoms with E-state index in [-0.39, 0.29) is 0 Å². The molecule has 0 unspecified atom stereocenters. The lowest BCUT2D eigenvalue weighted by molar-refractivity contribution is 0.997. The second-order valence-electron chi connectivity index (χ2n) is 1.73. The highest BCUT2D eigenvalue weighted by Gasteiger charge is 2.08. The summed E-state index contributed by atoms with van der Waals surface area (Å²) in [4.78, 5) is 0. The minimum absolute atomic E-state index is 0.629. The van der Waals surface area contributed by atoms with Crippen molar-refractivity contribution in [3.05, 3.63) is 9.21 Å². The number of nitrogens with zero attached hydrogens (tertiary/aromatic N) is 4. The van der Waals surface area contributed by atoms with E-state index < -0.39 is 0 Å². The number of rotatable bonds is 0. The molecule has 0 aromatic carbocycles. The minimum atomic E-state index is 0.629. The van der Waals surface area contributed by atoms with E-state index in [1.807, 2.05) is 0 Å². The van der Waals surface area contributed by atoms with Gasteiger partial charge in [-0.25, -0.2) is 0 Å². The van der Waals surface area contributed by atoms with Crippen LogP contribution in [-0.4, -0.2) is 19.8 Å². The molecule has 2 rings (SSSR count). The fourth-order valence-electron chi connectivity index (χ4n) is 0.642. The second-order valence-corrected chi connectivity index (χ2v) is 3.99. The monoisotopic (exact) mass is 294 g/mol. The summed E-state index contributed by atoms with van der Waals surface area (Å²) in [7, 11) is 0. The molecule has 0 amide bonds. The van der Waals surface area contributed by atoms with Crippen molar-refractivity contribution in [3.63, 3.8) is 0 Å². The molecule has 0 saturated heterocycles. The van der Waals surface area contributed by atoms with Crippen molar-refractivity contribution in [3.8, 4) is 0 Å². The Morgan fingerprint density at radius 1 is 1.00 bits per heavy atom. The number of halogens is 2. The summed E-state index contributed by atoms with van der Waals surface area (Å²) in [6, 6.07) is 0. The van der Waals surface area contributed by atoms with Gasteiger partial charge >= 0.3 is 0 Å². The molecular formula is C4Br2N4S. The summed E-state index contributed by atoms with van der Waals surface area (Å²) in [6.07, 6.45) is 0. The predicted octanol–water partition coefficient (Wildman–Crippen LogP) is 2.01. The van der Waals surface area contributed by atoms with Gasteiger partial charge in [-0.1, -0.05) is 4.49 Å². The SMILES string of the molecule is Brc1nnc(Br)c2snnc12. The highest BCUT2D eigenvalue weighted by Crippen LogP contribution is 2.26. The lowest BCUT2D eigenvalue weighted by Crippen LogP contribution is -1.84. The molecule has 7 heteroatoms. The fourth-order valence-corrected chi connectivity index (χ4v) is 2.16. The van der Waals surface area contributed by atoms with Crippen LogP contribution in [0, 0.1) is 0 Å². The number of hydrogen-bond acceptors (Lipinski definition) is 5. The first kappa shape index (κ1) is 7.51. The molecule has 0 N–H and O–H groups in total. The molecule has 56 valence electrons. The average molecular weight is 296 g/mol. The van der Waals surface area contributed by atoms with E-state index >= 15 is 0 Å². The van der Waals surface area contributed by atoms with Gasteiger partial charge in [0.05, 0.1) is 0 Å². The molecule has 0 spiro atoms. The standard InChI is InChI=1S/C4Br2N4S/c5-3-1-2(11-10-7-1)4(6)9-8-3. The van der Waals surface area contributed by atoms with Crippen LogP contribution in [0.4, 0.5) is 0 Å². The van der Waals surface area contributed by atoms with Crippen molar-refractivity contribution in [2.75, 3.05) is 0 Å². The maximum absolute atomic E-state index is 3.87. The Hall–Kier alpha value is -0.140. The van der Waals surface area contributed by atoms with Crippen LogP contribution in [0.1, 0.15) is 0 Å². The molecular weight excluding hydrogens is 296 g/mol. The van der Waals surface area contributed by atoms with Crippen molar-refractivity contribution < 1.29 is 0 Å². The number of hydrogen-bond donors (Lipinski definition) is 0. The molecule has 0 radical (unpaired) electrons. The van der Waals surface area contributed by atoms with Crippen LogP contribution in [0.15, 0.2) is 9.21 Å². The van der Waals surface area contributed by atoms with Crippen molar-refractivity contribution in [2.45, 2.75) is 0 Å². The molecule has 2 aromatic rings. The Labute approximate surface area is 82.4 Å². The van der Waals surface area contributed by atoms with Crippen molar-refractivity contribution in [1.29, 1.82) is 0 Å². The van der Waals surface area contributed by atoms with Gasteiger partial charge in [0.25, 0.3) is 0 Å². The highest BCUT2D eigenvalue weighted by molar-refractivity contribution is 9.11. The van der Waals surface area contributed by atoms with Crippen LogP contribution in [0.25, 0.3) is 10.2 Å². The zero-order chi connectivity index (χ0) is 7.84. The van der Waals surface area contributed by atoms with E-state index in [0.717, 1.165) is 10.2 Å². The van der Waals surface area contributed by atoms with Gasteiger partial charge in [0.1, 0.15) is 14.8 Å². The van der Waals surface area contributed by atoms with Gasteiger partial charge in [-0.2, -0.15) is 0 Å². The topological polar surface area (TPSA) is 51.6 Å². The Morgan fingerprint density at radius 2 is 1.73 bits per heavy atom. The van der Waals surface area contributed by atoms with E-state index in [9.17, 15) is 0 Å². The molecule has 4 nitrogen and oxygen atoms in total. The zero-order valence-electron chi connectivity index (χ0n) is 4.95. The molecule has 11 heavy (non-hydrogen) atoms. The summed E-state index contributed by atoms with van der Waals surface area (Å²) < 4.78 is 6.00. The third-order valence-electron chi connectivity index (χ3n) is 1.10. The molecule has 0 saturated carbocycles. The van der Waals surface area contributed by atoms with E-state index in [1.54, 1.807) is 0 Å². The van der Waals surface area contributed by atoms with Crippen molar-refractivity contribution >= 4 is 53.6 Å². The quantitative estimate of drug-likeness (QED) is 0.746. The number of fused-ring (bicyclic) bond motifs is 1. The highest BCUT2D eigenvalue weighted by atomic mass is 79.9. The van der Waals surface area contributed by atoms with Gasteiger partial charge in [-0.3, -0.25) is 0 Å². The smallest absolute Gasteiger partial charge is 0.141 e. The van der Waals surface area contributed by atoms with E-state index in [1.165, 1.54) is 11.5 Å². The first-order chi connectivity index (χ1) is 5.29. The van der Waals surface area contributed by atoms with Crippen molar-refractivity contribution in [1.82, 2.24) is 19.8 Å². The van der Waals surface area contributed by atoms with E-state index in [4.69, 9.17) is 0 Å². The maximum atomic E-state index is 3.87. The van der Waals surface area contributed by atoms with Gasteiger partial charge in [0.15, 0.2) is 4.60 Å². The first-order valence-electron chi connectivity index (χ1n) is 2.59. The third kappa shape index (κ3) is 1.17. The van der Waals surface area contributed by atoms with Gasteiger partial charge in [-0.05, 0) is 43.4 Å². The second kappa shape index (κ2) is 2.72. The Balaban J connectivity index is 2.96. The summed E-state index contributed by atoms with van der Waals surface area (Å²) >= 11 is 7.75. The maximum Gasteiger partial charge on any atom is 0.157 e. The van der Waals surface area contributed by atoms with Gasteiger partial charge < -0.3 is 0 Å². The van der Waals surface area contributed by atoms with E-state index in [0.29, 0.717) is 9.21 Å². The van der Waals surface area contributed by atoms with Crippen LogP contribution in [0.3, 0.4) is 0 Å². The fraction of sp³-hybridized carbons (Fsp3) is 0. The summed E-state index contributed by atoms with van der Waals surface area (Å²) in [5.41, 5.74) is 0.747. The largest absolute Gasteiger partial charge is 0.157 e. The Kier molecular flexibility index (Phi) is 1.86. The first-order valence-corrected chi connectivity index (χ1v) is 4.94. The van der Waals surface area contributed by atoms with Crippen LogP contribution < -0.4 is 0 Å². The predicted molar refractivity (Wildman–Crippen MR) is 48.4 cm³/mol. The molecule has 0 aliphatic heterocycles. The van der Waals surface area contributed by atoms with E-state index in [2.05, 4.69) is 51.6 Å². The zero-order valence-corrected chi connectivity index (χ0v) is 8.94. The Morgan fingerprint density at radius 3 is 2.45 bits per heavy atom. The van der Waals surface area contributed by atoms with Gasteiger partial charge in [-0.15, -0.1) is 15.3 Å². The minimum Gasteiger partial charge on any atom is -0.141 e. The average Bonchev–Trinajstić information content (AvgIpc) is 2.45. The van der Waals surface area contributed by atoms with Crippen LogP contribution in [-0.2, 0) is 0 Å². The van der Waals surface area contributed by atoms with Crippen LogP contribution in [0.2, 0.25) is 0 Å². The molecule has 0 bridgehead atoms. The van der Waals surface area contributed by atoms with Crippen molar-refractivity contribution in [2.24, 2.45) is 0 Å². The molecule has 0 aliphatic carbocycles. The summed E-state index contributed by atoms with van der Waals surface area (Å²) in [5.74, 6) is 0. The molecule has 2 aromatic heterocycles. The Bertz CT molecular complexity index is 364. The third-order valence-corrected chi connectivity index (χ3v) is 3.18. The van der Waals surface area contributed by atoms with Crippen LogP contribution in [0.5, 0.6) is 0 Å². The molecule has 0 fully saturated rings. The van der Waals surface area contributed by atoms with Crippen LogP contribution >= 0.6 is 43.4 Å². The van der Waals surface area contributed by atoms with Gasteiger partial charge in [0.2, 0.25) is 0 Å². The molecule has 0 aliphatic rings. The lowest BCUT2D eigenvalue weighted by atomic mass is 10.5. The molecule has 2 heterocycles. The lowest BCUT2D eigenvalue weighted by Gasteiger charge is -1.89. The normalized spacial score (nSPS) is 10.7. The molecule has 0 atom stereocenters.